The van der Waals surface area contributed by atoms with Crippen LogP contribution in [0.15, 0.2) is 18.2 Å². The van der Waals surface area contributed by atoms with Gasteiger partial charge in [0, 0.05) is 13.1 Å². The minimum absolute atomic E-state index is 0.674. The van der Waals surface area contributed by atoms with Crippen molar-refractivity contribution in [3.8, 4) is 0 Å². The Labute approximate surface area is 117 Å². The number of hydrogen-bond acceptors (Lipinski definition) is 2. The molecule has 1 saturated heterocycles. The van der Waals surface area contributed by atoms with Crippen molar-refractivity contribution < 1.29 is 0 Å². The Bertz CT molecular complexity index is 437. The molecule has 1 heterocycles. The van der Waals surface area contributed by atoms with Gasteiger partial charge in [-0.05, 0) is 49.7 Å². The molecule has 3 rings (SSSR count). The normalized spacial score (nSPS) is 22.7. The van der Waals surface area contributed by atoms with Gasteiger partial charge in [-0.2, -0.15) is 0 Å². The SMILES string of the molecule is Cc1cccc(N2CCC3(CCCCC3)CC2)c1N. The van der Waals surface area contributed by atoms with Crippen LogP contribution in [0.5, 0.6) is 0 Å². The summed E-state index contributed by atoms with van der Waals surface area (Å²) in [7, 11) is 0. The van der Waals surface area contributed by atoms with Crippen LogP contribution in [-0.2, 0) is 0 Å². The van der Waals surface area contributed by atoms with Gasteiger partial charge in [0.05, 0.1) is 11.4 Å². The molecule has 2 aliphatic rings. The fourth-order valence-corrected chi connectivity index (χ4v) is 3.96. The van der Waals surface area contributed by atoms with Gasteiger partial charge < -0.3 is 10.6 Å². The molecule has 2 nitrogen and oxygen atoms in total. The van der Waals surface area contributed by atoms with Crippen molar-refractivity contribution in [2.75, 3.05) is 23.7 Å². The van der Waals surface area contributed by atoms with E-state index >= 15 is 0 Å². The lowest BCUT2D eigenvalue weighted by molar-refractivity contribution is 0.144. The van der Waals surface area contributed by atoms with Crippen molar-refractivity contribution in [1.82, 2.24) is 0 Å². The predicted octanol–water partition coefficient (Wildman–Crippen LogP) is 4.13. The van der Waals surface area contributed by atoms with Crippen LogP contribution in [-0.4, -0.2) is 13.1 Å². The number of benzene rings is 1. The molecule has 19 heavy (non-hydrogen) atoms. The molecule has 1 aliphatic heterocycles. The summed E-state index contributed by atoms with van der Waals surface area (Å²) >= 11 is 0. The Balaban J connectivity index is 1.71. The summed E-state index contributed by atoms with van der Waals surface area (Å²) in [4.78, 5) is 2.50. The highest BCUT2D eigenvalue weighted by molar-refractivity contribution is 5.71. The molecule has 1 saturated carbocycles. The van der Waals surface area contributed by atoms with Gasteiger partial charge in [0.25, 0.3) is 0 Å². The molecule has 0 aromatic heterocycles. The highest BCUT2D eigenvalue weighted by Crippen LogP contribution is 2.45. The summed E-state index contributed by atoms with van der Waals surface area (Å²) in [5, 5.41) is 0. The van der Waals surface area contributed by atoms with E-state index in [0.29, 0.717) is 5.41 Å². The largest absolute Gasteiger partial charge is 0.397 e. The van der Waals surface area contributed by atoms with Crippen LogP contribution in [0.4, 0.5) is 11.4 Å². The smallest absolute Gasteiger partial charge is 0.0602 e. The zero-order valence-corrected chi connectivity index (χ0v) is 12.1. The van der Waals surface area contributed by atoms with Gasteiger partial charge in [0.1, 0.15) is 0 Å². The number of para-hydroxylation sites is 1. The molecule has 1 aromatic carbocycles. The third-order valence-corrected chi connectivity index (χ3v) is 5.38. The molecule has 0 atom stereocenters. The maximum absolute atomic E-state index is 6.24. The highest BCUT2D eigenvalue weighted by atomic mass is 15.1. The Morgan fingerprint density at radius 1 is 1.00 bits per heavy atom. The molecule has 1 aromatic rings. The second-order valence-corrected chi connectivity index (χ2v) is 6.56. The minimum Gasteiger partial charge on any atom is -0.397 e. The fraction of sp³-hybridized carbons (Fsp3) is 0.647. The van der Waals surface area contributed by atoms with E-state index in [1.165, 1.54) is 69.3 Å². The van der Waals surface area contributed by atoms with Gasteiger partial charge in [-0.15, -0.1) is 0 Å². The topological polar surface area (TPSA) is 29.3 Å². The fourth-order valence-electron chi connectivity index (χ4n) is 3.96. The second kappa shape index (κ2) is 5.07. The van der Waals surface area contributed by atoms with Crippen LogP contribution in [0.1, 0.15) is 50.5 Å². The quantitative estimate of drug-likeness (QED) is 0.767. The van der Waals surface area contributed by atoms with Crippen molar-refractivity contribution >= 4 is 11.4 Å². The Morgan fingerprint density at radius 3 is 2.37 bits per heavy atom. The van der Waals surface area contributed by atoms with Crippen molar-refractivity contribution in [1.29, 1.82) is 0 Å². The van der Waals surface area contributed by atoms with Crippen LogP contribution in [0.2, 0.25) is 0 Å². The number of nitrogens with zero attached hydrogens (tertiary/aromatic N) is 1. The first-order chi connectivity index (χ1) is 9.20. The van der Waals surface area contributed by atoms with Gasteiger partial charge in [0.2, 0.25) is 0 Å². The average Bonchev–Trinajstić information content (AvgIpc) is 2.44. The molecule has 0 radical (unpaired) electrons. The summed E-state index contributed by atoms with van der Waals surface area (Å²) in [5.74, 6) is 0. The van der Waals surface area contributed by atoms with E-state index in [1.54, 1.807) is 0 Å². The van der Waals surface area contributed by atoms with E-state index in [1.807, 2.05) is 0 Å². The lowest BCUT2D eigenvalue weighted by Gasteiger charge is -2.45. The van der Waals surface area contributed by atoms with Crippen LogP contribution >= 0.6 is 0 Å². The molecule has 104 valence electrons. The molecule has 0 unspecified atom stereocenters. The Hall–Kier alpha value is -1.18. The van der Waals surface area contributed by atoms with Crippen molar-refractivity contribution in [3.05, 3.63) is 23.8 Å². The Kier molecular flexibility index (Phi) is 3.42. The van der Waals surface area contributed by atoms with E-state index < -0.39 is 0 Å². The number of nitrogen functional groups attached to an aromatic ring is 1. The number of piperidine rings is 1. The van der Waals surface area contributed by atoms with Gasteiger partial charge in [-0.3, -0.25) is 0 Å². The number of anilines is 2. The molecule has 2 heteroatoms. The van der Waals surface area contributed by atoms with E-state index in [9.17, 15) is 0 Å². The van der Waals surface area contributed by atoms with E-state index in [-0.39, 0.29) is 0 Å². The van der Waals surface area contributed by atoms with Gasteiger partial charge in [0.15, 0.2) is 0 Å². The van der Waals surface area contributed by atoms with E-state index in [4.69, 9.17) is 5.73 Å². The maximum Gasteiger partial charge on any atom is 0.0602 e. The van der Waals surface area contributed by atoms with E-state index in [2.05, 4.69) is 30.0 Å². The standard InChI is InChI=1S/C17H26N2/c1-14-6-5-7-15(16(14)18)19-12-10-17(11-13-19)8-3-2-4-9-17/h5-7H,2-4,8-13,18H2,1H3. The molecule has 2 fully saturated rings. The number of nitrogens with two attached hydrogens (primary N) is 1. The highest BCUT2D eigenvalue weighted by Gasteiger charge is 2.35. The summed E-state index contributed by atoms with van der Waals surface area (Å²) in [6.07, 6.45) is 10.0. The number of rotatable bonds is 1. The summed E-state index contributed by atoms with van der Waals surface area (Å²) in [5.41, 5.74) is 10.3. The van der Waals surface area contributed by atoms with Crippen LogP contribution < -0.4 is 10.6 Å². The number of aryl methyl sites for hydroxylation is 1. The maximum atomic E-state index is 6.24. The van der Waals surface area contributed by atoms with Crippen LogP contribution in [0, 0.1) is 12.3 Å². The second-order valence-electron chi connectivity index (χ2n) is 6.56. The third kappa shape index (κ3) is 2.45. The zero-order chi connectivity index (χ0) is 13.3. The van der Waals surface area contributed by atoms with E-state index in [0.717, 1.165) is 5.69 Å². The van der Waals surface area contributed by atoms with Crippen molar-refractivity contribution in [2.45, 2.75) is 51.9 Å². The van der Waals surface area contributed by atoms with Crippen molar-refractivity contribution in [2.24, 2.45) is 5.41 Å². The molecular weight excluding hydrogens is 232 g/mol. The summed E-state index contributed by atoms with van der Waals surface area (Å²) in [6, 6.07) is 6.42. The summed E-state index contributed by atoms with van der Waals surface area (Å²) < 4.78 is 0. The molecule has 1 aliphatic carbocycles. The lowest BCUT2D eigenvalue weighted by Crippen LogP contribution is -2.41. The minimum atomic E-state index is 0.674. The zero-order valence-electron chi connectivity index (χ0n) is 12.1. The third-order valence-electron chi connectivity index (χ3n) is 5.38. The molecule has 0 bridgehead atoms. The average molecular weight is 258 g/mol. The number of hydrogen-bond donors (Lipinski definition) is 1. The summed E-state index contributed by atoms with van der Waals surface area (Å²) in [6.45, 7) is 4.48. The Morgan fingerprint density at radius 2 is 1.68 bits per heavy atom. The predicted molar refractivity (Wildman–Crippen MR) is 82.6 cm³/mol. The first-order valence-electron chi connectivity index (χ1n) is 7.80. The van der Waals surface area contributed by atoms with Gasteiger partial charge >= 0.3 is 0 Å². The van der Waals surface area contributed by atoms with Crippen molar-refractivity contribution in [3.63, 3.8) is 0 Å². The van der Waals surface area contributed by atoms with Gasteiger partial charge in [-0.25, -0.2) is 0 Å². The molecule has 0 amide bonds. The monoisotopic (exact) mass is 258 g/mol. The first kappa shape index (κ1) is 12.8. The molecular formula is C17H26N2. The molecule has 1 spiro atoms. The lowest BCUT2D eigenvalue weighted by atomic mass is 9.68. The van der Waals surface area contributed by atoms with Crippen LogP contribution in [0.25, 0.3) is 0 Å². The van der Waals surface area contributed by atoms with Gasteiger partial charge in [-0.1, -0.05) is 31.4 Å². The molecule has 2 N–H and O–H groups in total. The first-order valence-corrected chi connectivity index (χ1v) is 7.80. The van der Waals surface area contributed by atoms with Crippen LogP contribution in [0.3, 0.4) is 0 Å².